The fourth-order valence-electron chi connectivity index (χ4n) is 3.91. The van der Waals surface area contributed by atoms with Crippen molar-refractivity contribution in [3.05, 3.63) is 59.5 Å². The van der Waals surface area contributed by atoms with Gasteiger partial charge in [-0.2, -0.15) is 0 Å². The molecule has 0 bridgehead atoms. The molecule has 1 N–H and O–H groups in total. The zero-order chi connectivity index (χ0) is 17.4. The highest BCUT2D eigenvalue weighted by Crippen LogP contribution is 2.58. The summed E-state index contributed by atoms with van der Waals surface area (Å²) < 4.78 is 5.24. The Morgan fingerprint density at radius 3 is 2.96 bits per heavy atom. The first-order chi connectivity index (χ1) is 12.1. The number of carbonyl (C=O) groups excluding carboxylic acids is 2. The summed E-state index contributed by atoms with van der Waals surface area (Å²) >= 11 is 0. The average Bonchev–Trinajstić information content (AvgIpc) is 2.95. The maximum atomic E-state index is 12.7. The second kappa shape index (κ2) is 6.06. The molecule has 2 heterocycles. The van der Waals surface area contributed by atoms with Gasteiger partial charge in [-0.3, -0.25) is 9.59 Å². The number of amides is 2. The molecule has 0 radical (unpaired) electrons. The lowest BCUT2D eigenvalue weighted by atomic mass is 10.0. The lowest BCUT2D eigenvalue weighted by molar-refractivity contribution is -0.123. The van der Waals surface area contributed by atoms with Gasteiger partial charge in [0.25, 0.3) is 5.91 Å². The van der Waals surface area contributed by atoms with Crippen LogP contribution >= 0.6 is 0 Å². The van der Waals surface area contributed by atoms with Crippen LogP contribution in [0.3, 0.4) is 0 Å². The third kappa shape index (κ3) is 3.06. The molecular weight excluding hydrogens is 316 g/mol. The van der Waals surface area contributed by atoms with Crippen molar-refractivity contribution in [2.24, 2.45) is 11.3 Å². The highest BCUT2D eigenvalue weighted by Gasteiger charge is 2.61. The van der Waals surface area contributed by atoms with Gasteiger partial charge >= 0.3 is 0 Å². The molecule has 2 aromatic rings. The summed E-state index contributed by atoms with van der Waals surface area (Å²) in [7, 11) is 0. The van der Waals surface area contributed by atoms with E-state index in [0.717, 1.165) is 36.3 Å². The van der Waals surface area contributed by atoms with Gasteiger partial charge in [-0.05, 0) is 44.0 Å². The smallest absolute Gasteiger partial charge is 0.253 e. The number of nitrogens with zero attached hydrogens (tertiary/aromatic N) is 1. The Labute approximate surface area is 147 Å². The fourth-order valence-corrected chi connectivity index (χ4v) is 3.91. The molecule has 2 aliphatic rings. The van der Waals surface area contributed by atoms with E-state index in [9.17, 15) is 9.59 Å². The lowest BCUT2D eigenvalue weighted by Gasteiger charge is -2.17. The Balaban J connectivity index is 1.35. The Hall–Kier alpha value is -2.56. The molecule has 1 aliphatic carbocycles. The minimum atomic E-state index is -0.0211. The maximum absolute atomic E-state index is 12.7. The van der Waals surface area contributed by atoms with Crippen LogP contribution in [0.4, 0.5) is 0 Å². The van der Waals surface area contributed by atoms with Gasteiger partial charge in [0.05, 0.1) is 12.8 Å². The van der Waals surface area contributed by atoms with E-state index in [0.29, 0.717) is 13.1 Å². The van der Waals surface area contributed by atoms with Gasteiger partial charge in [0.2, 0.25) is 5.91 Å². The molecule has 2 amide bonds. The molecule has 1 aromatic carbocycles. The Bertz CT molecular complexity index is 799. The molecule has 25 heavy (non-hydrogen) atoms. The first-order valence-corrected chi connectivity index (χ1v) is 8.73. The summed E-state index contributed by atoms with van der Waals surface area (Å²) in [6.07, 6.45) is 3.38. The molecule has 1 aromatic heterocycles. The van der Waals surface area contributed by atoms with E-state index in [-0.39, 0.29) is 23.1 Å². The van der Waals surface area contributed by atoms with E-state index in [4.69, 9.17) is 4.42 Å². The predicted octanol–water partition coefficient (Wildman–Crippen LogP) is 2.76. The zero-order valence-corrected chi connectivity index (χ0v) is 14.3. The Morgan fingerprint density at radius 2 is 2.20 bits per heavy atom. The Kier molecular flexibility index (Phi) is 3.86. The van der Waals surface area contributed by atoms with Gasteiger partial charge in [-0.1, -0.05) is 17.7 Å². The summed E-state index contributed by atoms with van der Waals surface area (Å²) in [6.45, 7) is 3.82. The minimum absolute atomic E-state index is 0.0118. The molecule has 1 spiro atoms. The van der Waals surface area contributed by atoms with Gasteiger partial charge in [0.15, 0.2) is 0 Å². The molecule has 2 fully saturated rings. The van der Waals surface area contributed by atoms with Crippen LogP contribution in [-0.2, 0) is 11.3 Å². The molecular formula is C20H22N2O3. The second-order valence-electron chi connectivity index (χ2n) is 7.26. The molecule has 1 saturated carbocycles. The van der Waals surface area contributed by atoms with Crippen molar-refractivity contribution in [1.29, 1.82) is 0 Å². The first-order valence-electron chi connectivity index (χ1n) is 8.73. The van der Waals surface area contributed by atoms with Crippen molar-refractivity contribution in [2.75, 3.05) is 13.1 Å². The average molecular weight is 338 g/mol. The second-order valence-corrected chi connectivity index (χ2v) is 7.26. The van der Waals surface area contributed by atoms with Crippen LogP contribution < -0.4 is 5.32 Å². The lowest BCUT2D eigenvalue weighted by Crippen LogP contribution is -2.31. The highest BCUT2D eigenvalue weighted by atomic mass is 16.3. The number of aryl methyl sites for hydroxylation is 1. The third-order valence-electron chi connectivity index (χ3n) is 5.46. The first kappa shape index (κ1) is 15.9. The van der Waals surface area contributed by atoms with Crippen molar-refractivity contribution in [3.8, 4) is 0 Å². The molecule has 1 saturated heterocycles. The number of hydrogen-bond acceptors (Lipinski definition) is 3. The van der Waals surface area contributed by atoms with Gasteiger partial charge in [0.1, 0.15) is 5.76 Å². The van der Waals surface area contributed by atoms with Crippen molar-refractivity contribution < 1.29 is 14.0 Å². The van der Waals surface area contributed by atoms with Crippen LogP contribution in [0, 0.1) is 18.3 Å². The zero-order valence-electron chi connectivity index (χ0n) is 14.3. The number of carbonyl (C=O) groups is 2. The summed E-state index contributed by atoms with van der Waals surface area (Å²) in [5.74, 6) is 0.909. The van der Waals surface area contributed by atoms with Gasteiger partial charge in [0, 0.05) is 30.0 Å². The quantitative estimate of drug-likeness (QED) is 0.932. The van der Waals surface area contributed by atoms with E-state index < -0.39 is 0 Å². The highest BCUT2D eigenvalue weighted by molar-refractivity contribution is 5.95. The number of furan rings is 1. The molecule has 2 atom stereocenters. The number of nitrogens with one attached hydrogen (secondary N) is 1. The van der Waals surface area contributed by atoms with Crippen LogP contribution in [-0.4, -0.2) is 29.8 Å². The number of benzene rings is 1. The summed E-state index contributed by atoms with van der Waals surface area (Å²) in [5, 5.41) is 2.95. The van der Waals surface area contributed by atoms with E-state index in [2.05, 4.69) is 5.32 Å². The molecule has 1 aliphatic heterocycles. The maximum Gasteiger partial charge on any atom is 0.253 e. The van der Waals surface area contributed by atoms with Gasteiger partial charge in [-0.25, -0.2) is 0 Å². The van der Waals surface area contributed by atoms with E-state index in [1.807, 2.05) is 48.2 Å². The molecule has 130 valence electrons. The van der Waals surface area contributed by atoms with Crippen LogP contribution in [0.2, 0.25) is 0 Å². The van der Waals surface area contributed by atoms with E-state index >= 15 is 0 Å². The molecule has 4 rings (SSSR count). The molecule has 5 heteroatoms. The third-order valence-corrected chi connectivity index (χ3v) is 5.46. The fraction of sp³-hybridized carbons (Fsp3) is 0.400. The number of likely N-dealkylation sites (tertiary alicyclic amines) is 1. The van der Waals surface area contributed by atoms with E-state index in [1.165, 1.54) is 0 Å². The van der Waals surface area contributed by atoms with Crippen LogP contribution in [0.15, 0.2) is 47.1 Å². The minimum Gasteiger partial charge on any atom is -0.467 e. The molecule has 5 nitrogen and oxygen atoms in total. The number of rotatable bonds is 4. The van der Waals surface area contributed by atoms with Crippen molar-refractivity contribution in [3.63, 3.8) is 0 Å². The van der Waals surface area contributed by atoms with Crippen LogP contribution in [0.5, 0.6) is 0 Å². The summed E-state index contributed by atoms with van der Waals surface area (Å²) in [6, 6.07) is 11.3. The largest absolute Gasteiger partial charge is 0.467 e. The predicted molar refractivity (Wildman–Crippen MR) is 92.8 cm³/mol. The van der Waals surface area contributed by atoms with Crippen molar-refractivity contribution >= 4 is 11.8 Å². The van der Waals surface area contributed by atoms with Gasteiger partial charge < -0.3 is 14.6 Å². The standard InChI is InChI=1S/C20H22N2O3/c1-14-4-2-5-15(10-14)19(24)22-8-7-20(13-22)11-17(20)18(23)21-12-16-6-3-9-25-16/h2-6,9-10,17H,7-8,11-13H2,1H3,(H,21,23). The van der Waals surface area contributed by atoms with Crippen LogP contribution in [0.25, 0.3) is 0 Å². The monoisotopic (exact) mass is 338 g/mol. The van der Waals surface area contributed by atoms with Gasteiger partial charge in [-0.15, -0.1) is 0 Å². The summed E-state index contributed by atoms with van der Waals surface area (Å²) in [5.41, 5.74) is 1.80. The Morgan fingerprint density at radius 1 is 1.32 bits per heavy atom. The normalized spacial score (nSPS) is 24.5. The van der Waals surface area contributed by atoms with Crippen molar-refractivity contribution in [1.82, 2.24) is 10.2 Å². The van der Waals surface area contributed by atoms with E-state index in [1.54, 1.807) is 6.26 Å². The summed E-state index contributed by atoms with van der Waals surface area (Å²) in [4.78, 5) is 27.0. The van der Waals surface area contributed by atoms with Crippen molar-refractivity contribution in [2.45, 2.75) is 26.3 Å². The van der Waals surface area contributed by atoms with Crippen LogP contribution in [0.1, 0.15) is 34.5 Å². The SMILES string of the molecule is Cc1cccc(C(=O)N2CCC3(CC3C(=O)NCc3ccco3)C2)c1. The number of hydrogen-bond donors (Lipinski definition) is 1. The topological polar surface area (TPSA) is 62.6 Å². The molecule has 2 unspecified atom stereocenters.